The first-order chi connectivity index (χ1) is 18.7. The van der Waals surface area contributed by atoms with E-state index < -0.39 is 5.63 Å². The van der Waals surface area contributed by atoms with Gasteiger partial charge in [0.2, 0.25) is 0 Å². The van der Waals surface area contributed by atoms with Crippen LogP contribution in [-0.2, 0) is 0 Å². The maximum absolute atomic E-state index is 12.3. The molecule has 8 heteroatoms. The van der Waals surface area contributed by atoms with Crippen LogP contribution in [0.1, 0.15) is 29.8 Å². The number of benzene rings is 3. The van der Waals surface area contributed by atoms with Gasteiger partial charge in [-0.1, -0.05) is 42.0 Å². The standard InChI is InChI=1S/C17H16O4.C14H14O4/c1-20-13-10-15(19)17(16(11-13)21-2)14(18)9-8-12-6-4-3-5-7-12;1-9(2)5-6-17-13-8-12-10(7-11(13)15)3-4-14(16)18-12/h3-11,19H,1-2H3;3-5,7-8,15H,6H2,1-2H3. The Kier molecular flexibility index (Phi) is 9.92. The minimum Gasteiger partial charge on any atom is -0.507 e. The van der Waals surface area contributed by atoms with E-state index in [1.807, 2.05) is 50.3 Å². The average Bonchev–Trinajstić information content (AvgIpc) is 2.92. The number of rotatable bonds is 8. The number of aromatic hydroxyl groups is 2. The first-order valence-corrected chi connectivity index (χ1v) is 12.0. The Morgan fingerprint density at radius 2 is 1.64 bits per heavy atom. The number of carbonyl (C=O) groups is 1. The van der Waals surface area contributed by atoms with Crippen molar-refractivity contribution >= 4 is 22.8 Å². The highest BCUT2D eigenvalue weighted by molar-refractivity contribution is 6.10. The monoisotopic (exact) mass is 530 g/mol. The Bertz CT molecular complexity index is 1540. The third-order valence-corrected chi connectivity index (χ3v) is 5.41. The molecule has 0 aliphatic carbocycles. The summed E-state index contributed by atoms with van der Waals surface area (Å²) in [6.07, 6.45) is 4.98. The quantitative estimate of drug-likeness (QED) is 0.121. The van der Waals surface area contributed by atoms with E-state index in [2.05, 4.69) is 0 Å². The van der Waals surface area contributed by atoms with Crippen LogP contribution in [0.3, 0.4) is 0 Å². The maximum Gasteiger partial charge on any atom is 0.336 e. The topological polar surface area (TPSA) is 115 Å². The van der Waals surface area contributed by atoms with Crippen LogP contribution < -0.4 is 19.8 Å². The van der Waals surface area contributed by atoms with E-state index in [9.17, 15) is 19.8 Å². The summed E-state index contributed by atoms with van der Waals surface area (Å²) in [5, 5.41) is 20.4. The molecule has 39 heavy (non-hydrogen) atoms. The molecule has 0 aliphatic rings. The molecule has 0 amide bonds. The van der Waals surface area contributed by atoms with Crippen molar-refractivity contribution in [3.63, 3.8) is 0 Å². The van der Waals surface area contributed by atoms with Crippen molar-refractivity contribution in [1.29, 1.82) is 0 Å². The summed E-state index contributed by atoms with van der Waals surface area (Å²) in [5.74, 6) is 0.514. The van der Waals surface area contributed by atoms with E-state index in [4.69, 9.17) is 18.6 Å². The zero-order valence-electron chi connectivity index (χ0n) is 22.1. The van der Waals surface area contributed by atoms with E-state index in [1.54, 1.807) is 18.2 Å². The summed E-state index contributed by atoms with van der Waals surface area (Å²) >= 11 is 0. The number of phenolic OH excluding ortho intramolecular Hbond substituents is 2. The fourth-order valence-corrected chi connectivity index (χ4v) is 3.42. The van der Waals surface area contributed by atoms with Gasteiger partial charge in [0.05, 0.1) is 14.2 Å². The molecular formula is C31H30O8. The smallest absolute Gasteiger partial charge is 0.336 e. The van der Waals surface area contributed by atoms with Gasteiger partial charge in [-0.2, -0.15) is 0 Å². The second-order valence-electron chi connectivity index (χ2n) is 8.54. The largest absolute Gasteiger partial charge is 0.507 e. The van der Waals surface area contributed by atoms with Gasteiger partial charge in [0, 0.05) is 29.7 Å². The lowest BCUT2D eigenvalue weighted by Gasteiger charge is -2.10. The van der Waals surface area contributed by atoms with Crippen molar-refractivity contribution in [1.82, 2.24) is 0 Å². The Balaban J connectivity index is 0.000000218. The third-order valence-electron chi connectivity index (χ3n) is 5.41. The number of hydrogen-bond acceptors (Lipinski definition) is 8. The van der Waals surface area contributed by atoms with Gasteiger partial charge in [-0.3, -0.25) is 4.79 Å². The number of methoxy groups -OCH3 is 2. The number of ether oxygens (including phenoxy) is 3. The molecule has 0 spiro atoms. The molecule has 0 atom stereocenters. The second kappa shape index (κ2) is 13.5. The Hall–Kier alpha value is -4.98. The van der Waals surface area contributed by atoms with E-state index >= 15 is 0 Å². The van der Waals surface area contributed by atoms with Gasteiger partial charge < -0.3 is 28.8 Å². The molecule has 0 bridgehead atoms. The summed E-state index contributed by atoms with van der Waals surface area (Å²) < 4.78 is 20.6. The normalized spacial score (nSPS) is 10.5. The number of hydrogen-bond donors (Lipinski definition) is 2. The lowest BCUT2D eigenvalue weighted by Crippen LogP contribution is -2.00. The number of fused-ring (bicyclic) bond motifs is 1. The Morgan fingerprint density at radius 3 is 2.31 bits per heavy atom. The van der Waals surface area contributed by atoms with Crippen LogP contribution in [0.2, 0.25) is 0 Å². The fourth-order valence-electron chi connectivity index (χ4n) is 3.42. The molecule has 0 saturated carbocycles. The van der Waals surface area contributed by atoms with Crippen LogP contribution in [0.4, 0.5) is 0 Å². The molecule has 1 heterocycles. The van der Waals surface area contributed by atoms with Crippen LogP contribution in [0.25, 0.3) is 17.0 Å². The van der Waals surface area contributed by atoms with Crippen molar-refractivity contribution in [2.24, 2.45) is 0 Å². The third kappa shape index (κ3) is 8.00. The van der Waals surface area contributed by atoms with Gasteiger partial charge in [-0.25, -0.2) is 4.79 Å². The summed E-state index contributed by atoms with van der Waals surface area (Å²) in [5.41, 5.74) is 2.11. The average molecular weight is 531 g/mol. The van der Waals surface area contributed by atoms with Crippen molar-refractivity contribution in [2.75, 3.05) is 20.8 Å². The first kappa shape index (κ1) is 28.6. The van der Waals surface area contributed by atoms with Gasteiger partial charge in [0.25, 0.3) is 0 Å². The fraction of sp³-hybridized carbons (Fsp3) is 0.161. The molecule has 4 rings (SSSR count). The molecule has 0 unspecified atom stereocenters. The highest BCUT2D eigenvalue weighted by Crippen LogP contribution is 2.34. The van der Waals surface area contributed by atoms with Gasteiger partial charge in [0.15, 0.2) is 17.3 Å². The van der Waals surface area contributed by atoms with Crippen molar-refractivity contribution < 1.29 is 33.6 Å². The van der Waals surface area contributed by atoms with Crippen molar-refractivity contribution in [3.8, 4) is 28.7 Å². The van der Waals surface area contributed by atoms with Gasteiger partial charge >= 0.3 is 5.63 Å². The Morgan fingerprint density at radius 1 is 0.897 bits per heavy atom. The van der Waals surface area contributed by atoms with Gasteiger partial charge in [-0.15, -0.1) is 0 Å². The summed E-state index contributed by atoms with van der Waals surface area (Å²) in [6, 6.07) is 18.3. The number of ketones is 1. The van der Waals surface area contributed by atoms with Crippen molar-refractivity contribution in [2.45, 2.75) is 13.8 Å². The van der Waals surface area contributed by atoms with Crippen LogP contribution in [0.5, 0.6) is 28.7 Å². The molecule has 3 aromatic carbocycles. The molecule has 0 saturated heterocycles. The molecule has 1 aromatic heterocycles. The van der Waals surface area contributed by atoms with Gasteiger partial charge in [-0.05, 0) is 43.7 Å². The lowest BCUT2D eigenvalue weighted by molar-refractivity contribution is 0.104. The Labute approximate surface area is 226 Å². The molecule has 0 fully saturated rings. The second-order valence-corrected chi connectivity index (χ2v) is 8.54. The predicted molar refractivity (Wildman–Crippen MR) is 150 cm³/mol. The van der Waals surface area contributed by atoms with Crippen LogP contribution >= 0.6 is 0 Å². The molecule has 202 valence electrons. The number of phenols is 2. The van der Waals surface area contributed by atoms with Crippen molar-refractivity contribution in [3.05, 3.63) is 106 Å². The molecule has 8 nitrogen and oxygen atoms in total. The highest BCUT2D eigenvalue weighted by atomic mass is 16.5. The zero-order valence-corrected chi connectivity index (χ0v) is 22.1. The summed E-state index contributed by atoms with van der Waals surface area (Å²) in [4.78, 5) is 23.4. The number of carbonyl (C=O) groups excluding carboxylic acids is 1. The molecule has 4 aromatic rings. The van der Waals surface area contributed by atoms with Crippen LogP contribution in [0, 0.1) is 0 Å². The molecule has 0 radical (unpaired) electrons. The lowest BCUT2D eigenvalue weighted by atomic mass is 10.1. The van der Waals surface area contributed by atoms with E-state index in [1.165, 1.54) is 44.6 Å². The zero-order chi connectivity index (χ0) is 28.4. The summed E-state index contributed by atoms with van der Waals surface area (Å²) in [7, 11) is 2.91. The SMILES string of the molecule is CC(C)=CCOc1cc2oc(=O)ccc2cc1O.COc1cc(O)c(C(=O)C=Cc2ccccc2)c(OC)c1. The summed E-state index contributed by atoms with van der Waals surface area (Å²) in [6.45, 7) is 4.28. The van der Waals surface area contributed by atoms with Crippen LogP contribution in [0.15, 0.2) is 93.7 Å². The first-order valence-electron chi connectivity index (χ1n) is 12.0. The molecular weight excluding hydrogens is 500 g/mol. The van der Waals surface area contributed by atoms with Crippen LogP contribution in [-0.4, -0.2) is 36.8 Å². The predicted octanol–water partition coefficient (Wildman–Crippen LogP) is 6.15. The minimum atomic E-state index is -0.427. The molecule has 2 N–H and O–H groups in total. The van der Waals surface area contributed by atoms with E-state index in [-0.39, 0.29) is 28.6 Å². The maximum atomic E-state index is 12.3. The van der Waals surface area contributed by atoms with E-state index in [0.717, 1.165) is 11.1 Å². The molecule has 0 aliphatic heterocycles. The highest BCUT2D eigenvalue weighted by Gasteiger charge is 2.17. The minimum absolute atomic E-state index is 0.0264. The van der Waals surface area contributed by atoms with E-state index in [0.29, 0.717) is 29.1 Å². The van der Waals surface area contributed by atoms with Gasteiger partial charge in [0.1, 0.15) is 35.0 Å². The number of allylic oxidation sites excluding steroid dienone is 2.